The Kier molecular flexibility index (Phi) is 9.69. The summed E-state index contributed by atoms with van der Waals surface area (Å²) in [4.78, 5) is 38.1. The van der Waals surface area contributed by atoms with Crippen molar-refractivity contribution < 1.29 is 29.3 Å². The van der Waals surface area contributed by atoms with Crippen molar-refractivity contribution in [2.75, 3.05) is 6.61 Å². The predicted octanol–water partition coefficient (Wildman–Crippen LogP) is 6.53. The second kappa shape index (κ2) is 12.6. The molecule has 6 nitrogen and oxygen atoms in total. The number of fused-ring (bicyclic) bond motifs is 5. The maximum absolute atomic E-state index is 13.5. The van der Waals surface area contributed by atoms with E-state index in [0.717, 1.165) is 49.7 Å². The molecular formula is C36H50O6. The van der Waals surface area contributed by atoms with Crippen molar-refractivity contribution in [3.8, 4) is 0 Å². The van der Waals surface area contributed by atoms with Gasteiger partial charge in [0.05, 0.1) is 6.10 Å². The molecule has 0 aromatic rings. The van der Waals surface area contributed by atoms with Gasteiger partial charge in [-0.15, -0.1) is 0 Å². The van der Waals surface area contributed by atoms with E-state index < -0.39 is 40.9 Å². The predicted molar refractivity (Wildman–Crippen MR) is 164 cm³/mol. The van der Waals surface area contributed by atoms with Gasteiger partial charge >= 0.3 is 5.97 Å². The van der Waals surface area contributed by atoms with Gasteiger partial charge in [0.1, 0.15) is 5.60 Å². The van der Waals surface area contributed by atoms with Crippen LogP contribution in [0, 0.1) is 28.6 Å². The summed E-state index contributed by atoms with van der Waals surface area (Å²) in [5, 5.41) is 23.4. The number of esters is 1. The Balaban J connectivity index is 1.36. The molecule has 0 aromatic heterocycles. The average molecular weight is 579 g/mol. The highest BCUT2D eigenvalue weighted by atomic mass is 16.5. The van der Waals surface area contributed by atoms with Gasteiger partial charge in [-0.2, -0.15) is 0 Å². The van der Waals surface area contributed by atoms with Gasteiger partial charge in [0.15, 0.2) is 12.4 Å². The fourth-order valence-corrected chi connectivity index (χ4v) is 8.60. The first-order valence-corrected chi connectivity index (χ1v) is 15.7. The summed E-state index contributed by atoms with van der Waals surface area (Å²) in [5.74, 6) is -0.957. The number of allylic oxidation sites excluding steroid dienone is 9. The van der Waals surface area contributed by atoms with Crippen LogP contribution in [0.15, 0.2) is 58.7 Å². The summed E-state index contributed by atoms with van der Waals surface area (Å²) in [6, 6.07) is 0. The van der Waals surface area contributed by atoms with Crippen LogP contribution >= 0.6 is 0 Å². The van der Waals surface area contributed by atoms with E-state index in [2.05, 4.69) is 39.8 Å². The normalized spacial score (nSPS) is 36.0. The van der Waals surface area contributed by atoms with Gasteiger partial charge < -0.3 is 14.9 Å². The van der Waals surface area contributed by atoms with Crippen LogP contribution in [-0.2, 0) is 19.1 Å². The molecule has 0 aliphatic heterocycles. The summed E-state index contributed by atoms with van der Waals surface area (Å²) in [5.41, 5.74) is 1.73. The van der Waals surface area contributed by atoms with E-state index >= 15 is 0 Å². The maximum Gasteiger partial charge on any atom is 0.331 e. The van der Waals surface area contributed by atoms with Crippen LogP contribution in [0.2, 0.25) is 0 Å². The molecule has 0 heterocycles. The van der Waals surface area contributed by atoms with Crippen molar-refractivity contribution >= 4 is 17.5 Å². The Morgan fingerprint density at radius 2 is 1.74 bits per heavy atom. The molecule has 2 N–H and O–H groups in total. The van der Waals surface area contributed by atoms with Crippen LogP contribution in [0.25, 0.3) is 0 Å². The lowest BCUT2D eigenvalue weighted by Crippen LogP contribution is -2.61. The van der Waals surface area contributed by atoms with E-state index in [1.54, 1.807) is 12.2 Å². The van der Waals surface area contributed by atoms with Gasteiger partial charge in [-0.25, -0.2) is 4.79 Å². The van der Waals surface area contributed by atoms with E-state index in [9.17, 15) is 24.6 Å². The van der Waals surface area contributed by atoms with Crippen molar-refractivity contribution in [3.05, 3.63) is 58.7 Å². The number of hydrogen-bond donors (Lipinski definition) is 2. The van der Waals surface area contributed by atoms with E-state index in [-0.39, 0.29) is 23.5 Å². The Labute approximate surface area is 251 Å². The van der Waals surface area contributed by atoms with Gasteiger partial charge in [-0.3, -0.25) is 9.59 Å². The lowest BCUT2D eigenvalue weighted by molar-refractivity contribution is -0.180. The topological polar surface area (TPSA) is 101 Å². The zero-order chi connectivity index (χ0) is 30.9. The SMILES string of the molecule is CC(C)=CCC/C(C)=C\CC/C(C)=C\C(=O)OCC(=O)[C@@]1(O)CC[C@H]2[C@@H]3CCC4=CC(=O)C=C[C@]4(C)[C@H]3[C@@H](O)C[C@@]21C. The van der Waals surface area contributed by atoms with Crippen molar-refractivity contribution in [1.29, 1.82) is 0 Å². The number of hydrogen-bond acceptors (Lipinski definition) is 6. The lowest BCUT2D eigenvalue weighted by Gasteiger charge is -2.59. The first-order chi connectivity index (χ1) is 19.7. The molecule has 0 amide bonds. The molecule has 4 rings (SSSR count). The van der Waals surface area contributed by atoms with Crippen molar-refractivity contribution in [1.82, 2.24) is 0 Å². The fourth-order valence-electron chi connectivity index (χ4n) is 8.60. The van der Waals surface area contributed by atoms with Crippen LogP contribution in [0.4, 0.5) is 0 Å². The number of carbonyl (C=O) groups is 3. The first-order valence-electron chi connectivity index (χ1n) is 15.7. The van der Waals surface area contributed by atoms with Crippen LogP contribution in [-0.4, -0.2) is 46.1 Å². The molecule has 0 aromatic carbocycles. The number of Topliss-reactive ketones (excluding diaryl/α,β-unsaturated/α-hetero) is 1. The molecule has 3 saturated carbocycles. The quantitative estimate of drug-likeness (QED) is 0.174. The fraction of sp³-hybridized carbons (Fsp3) is 0.639. The highest BCUT2D eigenvalue weighted by Gasteiger charge is 2.68. The third-order valence-electron chi connectivity index (χ3n) is 10.9. The number of ether oxygens (including phenoxy) is 1. The number of carbonyl (C=O) groups excluding carboxylic acids is 3. The summed E-state index contributed by atoms with van der Waals surface area (Å²) < 4.78 is 5.35. The minimum Gasteiger partial charge on any atom is -0.454 e. The molecule has 230 valence electrons. The molecule has 3 fully saturated rings. The molecular weight excluding hydrogens is 528 g/mol. The number of ketones is 2. The second-order valence-corrected chi connectivity index (χ2v) is 14.0. The molecule has 0 unspecified atom stereocenters. The number of rotatable bonds is 10. The third kappa shape index (κ3) is 6.21. The van der Waals surface area contributed by atoms with Crippen molar-refractivity contribution in [2.24, 2.45) is 28.6 Å². The summed E-state index contributed by atoms with van der Waals surface area (Å²) in [6.45, 7) is 11.8. The zero-order valence-corrected chi connectivity index (χ0v) is 26.4. The minimum absolute atomic E-state index is 0.00542. The molecule has 6 heteroatoms. The maximum atomic E-state index is 13.5. The third-order valence-corrected chi connectivity index (χ3v) is 10.9. The number of aliphatic hydroxyl groups excluding tert-OH is 1. The zero-order valence-electron chi connectivity index (χ0n) is 26.4. The highest BCUT2D eigenvalue weighted by molar-refractivity contribution is 6.01. The largest absolute Gasteiger partial charge is 0.454 e. The van der Waals surface area contributed by atoms with Crippen LogP contribution in [0.5, 0.6) is 0 Å². The Morgan fingerprint density at radius 1 is 1.05 bits per heavy atom. The molecule has 4 aliphatic rings. The Morgan fingerprint density at radius 3 is 2.45 bits per heavy atom. The molecule has 0 radical (unpaired) electrons. The van der Waals surface area contributed by atoms with Gasteiger partial charge in [0.25, 0.3) is 0 Å². The standard InChI is InChI=1S/C36H50O6/c1-23(2)9-7-10-24(3)11-8-12-25(4)19-32(40)42-22-31(39)36(41)18-16-29-28-14-13-26-20-27(37)15-17-34(26,5)33(28)30(38)21-35(29,36)6/h9,11,15,17,19-20,28-30,33,38,41H,7-8,10,12-14,16,18,21-22H2,1-6H3/b24-11-,25-19-/t28-,29-,30-,33+,34-,35-,36-/m0/s1. The van der Waals surface area contributed by atoms with Gasteiger partial charge in [-0.05, 0) is 109 Å². The highest BCUT2D eigenvalue weighted by Crippen LogP contribution is 2.67. The van der Waals surface area contributed by atoms with E-state index in [1.807, 2.05) is 19.9 Å². The minimum atomic E-state index is -1.66. The molecule has 0 bridgehead atoms. The summed E-state index contributed by atoms with van der Waals surface area (Å²) in [6.07, 6.45) is 16.9. The Hall–Kier alpha value is -2.57. The second-order valence-electron chi connectivity index (χ2n) is 14.0. The van der Waals surface area contributed by atoms with Gasteiger partial charge in [0.2, 0.25) is 5.78 Å². The molecule has 0 spiro atoms. The van der Waals surface area contributed by atoms with Crippen LogP contribution < -0.4 is 0 Å². The van der Waals surface area contributed by atoms with Gasteiger partial charge in [-0.1, -0.05) is 54.4 Å². The van der Waals surface area contributed by atoms with Crippen molar-refractivity contribution in [3.63, 3.8) is 0 Å². The smallest absolute Gasteiger partial charge is 0.331 e. The first kappa shape index (κ1) is 32.3. The lowest BCUT2D eigenvalue weighted by atomic mass is 9.46. The van der Waals surface area contributed by atoms with Crippen LogP contribution in [0.3, 0.4) is 0 Å². The molecule has 0 saturated heterocycles. The summed E-state index contributed by atoms with van der Waals surface area (Å²) in [7, 11) is 0. The van der Waals surface area contributed by atoms with E-state index in [4.69, 9.17) is 4.74 Å². The average Bonchev–Trinajstić information content (AvgIpc) is 3.18. The number of aliphatic hydroxyl groups is 2. The monoisotopic (exact) mass is 578 g/mol. The Bertz CT molecular complexity index is 1250. The summed E-state index contributed by atoms with van der Waals surface area (Å²) >= 11 is 0. The van der Waals surface area contributed by atoms with E-state index in [1.165, 1.54) is 17.2 Å². The molecule has 4 aliphatic carbocycles. The molecule has 42 heavy (non-hydrogen) atoms. The van der Waals surface area contributed by atoms with Gasteiger partial charge in [0, 0.05) is 22.8 Å². The van der Waals surface area contributed by atoms with Crippen molar-refractivity contribution in [2.45, 2.75) is 111 Å². The van der Waals surface area contributed by atoms with Crippen LogP contribution in [0.1, 0.15) is 99.3 Å². The molecule has 7 atom stereocenters. The van der Waals surface area contributed by atoms with E-state index in [0.29, 0.717) is 19.3 Å².